The molecule has 0 spiro atoms. The van der Waals surface area contributed by atoms with Crippen molar-refractivity contribution >= 4 is 17.3 Å². The smallest absolute Gasteiger partial charge is 0.356 e. The minimum atomic E-state index is -1.16. The normalized spacial score (nSPS) is 10.3. The third-order valence-electron chi connectivity index (χ3n) is 1.21. The van der Waals surface area contributed by atoms with E-state index in [1.165, 1.54) is 0 Å². The fourth-order valence-electron chi connectivity index (χ4n) is 0.699. The number of aromatic carboxylic acids is 1. The van der Waals surface area contributed by atoms with Crippen LogP contribution in [0, 0.1) is 0 Å². The van der Waals surface area contributed by atoms with Crippen LogP contribution in [0.5, 0.6) is 0 Å². The van der Waals surface area contributed by atoms with Crippen LogP contribution >= 0.6 is 0 Å². The molecule has 0 radical (unpaired) electrons. The van der Waals surface area contributed by atoms with Crippen LogP contribution in [0.3, 0.4) is 0 Å². The number of nitrogens with zero attached hydrogens (tertiary/aromatic N) is 4. The van der Waals surface area contributed by atoms with E-state index in [1.54, 1.807) is 0 Å². The molecule has 0 saturated heterocycles. The lowest BCUT2D eigenvalue weighted by Gasteiger charge is -1.88. The fourth-order valence-corrected chi connectivity index (χ4v) is 0.699. The molecule has 0 bridgehead atoms. The van der Waals surface area contributed by atoms with Crippen molar-refractivity contribution in [2.75, 3.05) is 0 Å². The predicted octanol–water partition coefficient (Wildman–Crippen LogP) is -0.289. The molecule has 0 aromatic carbocycles. The summed E-state index contributed by atoms with van der Waals surface area (Å²) < 4.78 is 4.28. The molecule has 2 aromatic rings. The Bertz CT molecular complexity index is 437. The van der Waals surface area contributed by atoms with Gasteiger partial charge in [0.25, 0.3) is 0 Å². The molecule has 0 saturated carbocycles. The maximum atomic E-state index is 10.4. The first-order chi connectivity index (χ1) is 5.77. The number of hydrogen-bond acceptors (Lipinski definition) is 6. The Labute approximate surface area is 65.0 Å². The van der Waals surface area contributed by atoms with Crippen molar-refractivity contribution in [3.05, 3.63) is 11.9 Å². The Morgan fingerprint density at radius 2 is 2.17 bits per heavy atom. The van der Waals surface area contributed by atoms with Gasteiger partial charge in [0.15, 0.2) is 5.69 Å². The first-order valence-corrected chi connectivity index (χ1v) is 2.96. The van der Waals surface area contributed by atoms with Gasteiger partial charge in [0.05, 0.1) is 6.20 Å². The monoisotopic (exact) mass is 166 g/mol. The molecule has 1 N–H and O–H groups in total. The summed E-state index contributed by atoms with van der Waals surface area (Å²) in [5.41, 5.74) is 0.105. The molecule has 0 atom stereocenters. The molecule has 2 rings (SSSR count). The molecule has 0 amide bonds. The van der Waals surface area contributed by atoms with Gasteiger partial charge in [0.1, 0.15) is 0 Å². The molecule has 7 nitrogen and oxygen atoms in total. The van der Waals surface area contributed by atoms with Crippen LogP contribution < -0.4 is 0 Å². The zero-order chi connectivity index (χ0) is 8.55. The number of aromatic nitrogens is 4. The lowest BCUT2D eigenvalue weighted by molar-refractivity contribution is 0.0690. The predicted molar refractivity (Wildman–Crippen MR) is 34.4 cm³/mol. The van der Waals surface area contributed by atoms with Gasteiger partial charge in [-0.1, -0.05) is 0 Å². The van der Waals surface area contributed by atoms with Crippen molar-refractivity contribution in [2.45, 2.75) is 0 Å². The third kappa shape index (κ3) is 0.875. The summed E-state index contributed by atoms with van der Waals surface area (Å²) >= 11 is 0. The lowest BCUT2D eigenvalue weighted by atomic mass is 10.4. The Kier molecular flexibility index (Phi) is 1.23. The van der Waals surface area contributed by atoms with Crippen LogP contribution in [-0.2, 0) is 0 Å². The highest BCUT2D eigenvalue weighted by atomic mass is 16.6. The second kappa shape index (κ2) is 2.22. The van der Waals surface area contributed by atoms with Gasteiger partial charge in [-0.3, -0.25) is 0 Å². The lowest BCUT2D eigenvalue weighted by Crippen LogP contribution is -2.00. The van der Waals surface area contributed by atoms with Crippen LogP contribution in [0.15, 0.2) is 10.8 Å². The molecule has 2 aromatic heterocycles. The Morgan fingerprint density at radius 1 is 1.42 bits per heavy atom. The summed E-state index contributed by atoms with van der Waals surface area (Å²) in [4.78, 5) is 17.6. The van der Waals surface area contributed by atoms with E-state index >= 15 is 0 Å². The van der Waals surface area contributed by atoms with Gasteiger partial charge in [-0.25, -0.2) is 19.4 Å². The van der Waals surface area contributed by atoms with Crippen molar-refractivity contribution in [3.8, 4) is 0 Å². The summed E-state index contributed by atoms with van der Waals surface area (Å²) in [6, 6.07) is 0. The molecular weight excluding hydrogens is 164 g/mol. The number of hydrogen-bond donors (Lipinski definition) is 1. The van der Waals surface area contributed by atoms with E-state index in [1.807, 2.05) is 0 Å². The van der Waals surface area contributed by atoms with Crippen LogP contribution in [0.2, 0.25) is 0 Å². The zero-order valence-electron chi connectivity index (χ0n) is 5.63. The van der Waals surface area contributed by atoms with E-state index in [-0.39, 0.29) is 17.0 Å². The van der Waals surface area contributed by atoms with Gasteiger partial charge < -0.3 is 5.11 Å². The highest BCUT2D eigenvalue weighted by molar-refractivity contribution is 5.86. The van der Waals surface area contributed by atoms with Crippen molar-refractivity contribution in [1.82, 2.24) is 20.3 Å². The highest BCUT2D eigenvalue weighted by Gasteiger charge is 2.09. The SMILES string of the molecule is O=C(O)c1cnc2nonc2n1. The van der Waals surface area contributed by atoms with E-state index in [0.717, 1.165) is 6.20 Å². The van der Waals surface area contributed by atoms with E-state index in [9.17, 15) is 4.79 Å². The second-order valence-electron chi connectivity index (χ2n) is 1.97. The summed E-state index contributed by atoms with van der Waals surface area (Å²) in [5, 5.41) is 15.2. The van der Waals surface area contributed by atoms with Crippen LogP contribution in [0.4, 0.5) is 0 Å². The summed E-state index contributed by atoms with van der Waals surface area (Å²) in [7, 11) is 0. The average molecular weight is 166 g/mol. The van der Waals surface area contributed by atoms with E-state index < -0.39 is 5.97 Å². The van der Waals surface area contributed by atoms with Gasteiger partial charge in [-0.05, 0) is 10.3 Å². The molecule has 7 heteroatoms. The number of rotatable bonds is 1. The number of carbonyl (C=O) groups is 1. The van der Waals surface area contributed by atoms with Gasteiger partial charge in [0.2, 0.25) is 11.3 Å². The number of fused-ring (bicyclic) bond motifs is 1. The fraction of sp³-hybridized carbons (Fsp3) is 0. The minimum absolute atomic E-state index is 0.0925. The zero-order valence-corrected chi connectivity index (χ0v) is 5.63. The molecule has 2 heterocycles. The van der Waals surface area contributed by atoms with Gasteiger partial charge in [0, 0.05) is 0 Å². The third-order valence-corrected chi connectivity index (χ3v) is 1.21. The molecule has 0 fully saturated rings. The second-order valence-corrected chi connectivity index (χ2v) is 1.97. The Hall–Kier alpha value is -2.05. The molecule has 12 heavy (non-hydrogen) atoms. The summed E-state index contributed by atoms with van der Waals surface area (Å²) in [6.07, 6.45) is 1.09. The van der Waals surface area contributed by atoms with Gasteiger partial charge in [-0.15, -0.1) is 0 Å². The van der Waals surface area contributed by atoms with Crippen molar-refractivity contribution < 1.29 is 14.5 Å². The van der Waals surface area contributed by atoms with Gasteiger partial charge in [-0.2, -0.15) is 0 Å². The molecule has 0 unspecified atom stereocenters. The van der Waals surface area contributed by atoms with Crippen molar-refractivity contribution in [1.29, 1.82) is 0 Å². The van der Waals surface area contributed by atoms with Gasteiger partial charge >= 0.3 is 5.97 Å². The van der Waals surface area contributed by atoms with Crippen molar-refractivity contribution in [2.24, 2.45) is 0 Å². The Morgan fingerprint density at radius 3 is 2.92 bits per heavy atom. The minimum Gasteiger partial charge on any atom is -0.476 e. The first kappa shape index (κ1) is 6.65. The molecule has 60 valence electrons. The van der Waals surface area contributed by atoms with E-state index in [4.69, 9.17) is 5.11 Å². The summed E-state index contributed by atoms with van der Waals surface area (Å²) in [6.45, 7) is 0. The number of carboxylic acid groups (broad SMARTS) is 1. The van der Waals surface area contributed by atoms with Crippen LogP contribution in [0.1, 0.15) is 10.5 Å². The standard InChI is InChI=1S/C5H2N4O3/c10-5(11)2-1-6-3-4(7-2)9-12-8-3/h1H,(H,10,11). The van der Waals surface area contributed by atoms with E-state index in [2.05, 4.69) is 24.9 Å². The molecular formula is C5H2N4O3. The molecule has 0 aliphatic heterocycles. The number of carboxylic acids is 1. The largest absolute Gasteiger partial charge is 0.476 e. The first-order valence-electron chi connectivity index (χ1n) is 2.96. The van der Waals surface area contributed by atoms with Crippen LogP contribution in [-0.4, -0.2) is 31.4 Å². The van der Waals surface area contributed by atoms with Crippen LogP contribution in [0.25, 0.3) is 11.3 Å². The van der Waals surface area contributed by atoms with Crippen molar-refractivity contribution in [3.63, 3.8) is 0 Å². The quantitative estimate of drug-likeness (QED) is 0.620. The highest BCUT2D eigenvalue weighted by Crippen LogP contribution is 2.02. The molecule has 0 aliphatic carbocycles. The van der Waals surface area contributed by atoms with E-state index in [0.29, 0.717) is 0 Å². The maximum Gasteiger partial charge on any atom is 0.356 e. The topological polar surface area (TPSA) is 102 Å². The average Bonchev–Trinajstić information content (AvgIpc) is 2.49. The summed E-state index contributed by atoms with van der Waals surface area (Å²) in [5.74, 6) is -1.16. The maximum absolute atomic E-state index is 10.4. The molecule has 0 aliphatic rings. The Balaban J connectivity index is 2.68.